The molecule has 0 amide bonds. The van der Waals surface area contributed by atoms with Crippen LogP contribution in [0.2, 0.25) is 0 Å². The summed E-state index contributed by atoms with van der Waals surface area (Å²) in [5.41, 5.74) is 3.64. The number of carbonyl (C=O) groups is 1. The molecule has 1 atom stereocenters. The predicted molar refractivity (Wildman–Crippen MR) is 60.3 cm³/mol. The summed E-state index contributed by atoms with van der Waals surface area (Å²) < 4.78 is 5.21. The maximum atomic E-state index is 11.2. The number of benzene rings is 1. The van der Waals surface area contributed by atoms with Gasteiger partial charge in [0.25, 0.3) is 0 Å². The first-order valence-corrected chi connectivity index (χ1v) is 5.14. The van der Waals surface area contributed by atoms with Gasteiger partial charge in [0.15, 0.2) is 0 Å². The Labute approximate surface area is 98.6 Å². The molecule has 5 heteroatoms. The lowest BCUT2D eigenvalue weighted by Crippen LogP contribution is -2.19. The summed E-state index contributed by atoms with van der Waals surface area (Å²) in [5.74, 6) is -0.00105. The molecule has 1 aliphatic rings. The molecule has 1 heterocycles. The predicted octanol–water partition coefficient (Wildman–Crippen LogP) is 1.63. The molecule has 2 rings (SSSR count). The van der Waals surface area contributed by atoms with E-state index in [-0.39, 0.29) is 5.57 Å². The number of methoxy groups -OCH3 is 1. The minimum atomic E-state index is -0.997. The first-order chi connectivity index (χ1) is 8.15. The molecule has 0 saturated heterocycles. The Morgan fingerprint density at radius 2 is 2.18 bits per heavy atom. The molecule has 1 aliphatic heterocycles. The molecule has 0 aliphatic carbocycles. The quantitative estimate of drug-likeness (QED) is 0.833. The van der Waals surface area contributed by atoms with Crippen LogP contribution in [0.25, 0.3) is 0 Å². The third kappa shape index (κ3) is 1.97. The molecular weight excluding hydrogens is 222 g/mol. The van der Waals surface area contributed by atoms with Gasteiger partial charge < -0.3 is 14.7 Å². The van der Waals surface area contributed by atoms with Crippen LogP contribution >= 0.6 is 0 Å². The van der Waals surface area contributed by atoms with E-state index in [1.54, 1.807) is 26.2 Å². The van der Waals surface area contributed by atoms with E-state index in [0.29, 0.717) is 11.5 Å². The van der Waals surface area contributed by atoms with Crippen molar-refractivity contribution in [1.29, 1.82) is 0 Å². The molecule has 90 valence electrons. The average Bonchev–Trinajstić information content (AvgIpc) is 2.71. The monoisotopic (exact) mass is 235 g/mol. The molecule has 0 aromatic heterocycles. The topological polar surface area (TPSA) is 67.8 Å². The average molecular weight is 235 g/mol. The third-order valence-corrected chi connectivity index (χ3v) is 2.68. The highest BCUT2D eigenvalue weighted by atomic mass is 16.7. The van der Waals surface area contributed by atoms with Crippen molar-refractivity contribution in [1.82, 2.24) is 5.48 Å². The molecule has 1 unspecified atom stereocenters. The van der Waals surface area contributed by atoms with Crippen LogP contribution in [-0.4, -0.2) is 18.2 Å². The van der Waals surface area contributed by atoms with Crippen molar-refractivity contribution in [3.8, 4) is 5.75 Å². The number of hydrogen-bond donors (Lipinski definition) is 2. The largest absolute Gasteiger partial charge is 0.496 e. The summed E-state index contributed by atoms with van der Waals surface area (Å²) in [5, 5.41) is 9.16. The van der Waals surface area contributed by atoms with E-state index in [1.165, 1.54) is 0 Å². The van der Waals surface area contributed by atoms with Gasteiger partial charge in [-0.25, -0.2) is 4.79 Å². The van der Waals surface area contributed by atoms with E-state index in [9.17, 15) is 4.79 Å². The number of aliphatic carboxylic acids is 1. The van der Waals surface area contributed by atoms with E-state index in [2.05, 4.69) is 5.48 Å². The van der Waals surface area contributed by atoms with Gasteiger partial charge in [-0.2, -0.15) is 0 Å². The van der Waals surface area contributed by atoms with Crippen LogP contribution in [0, 0.1) is 0 Å². The number of carboxylic acid groups (broad SMARTS) is 1. The van der Waals surface area contributed by atoms with Crippen LogP contribution in [-0.2, 0) is 9.63 Å². The number of nitrogens with one attached hydrogen (secondary N) is 1. The van der Waals surface area contributed by atoms with Gasteiger partial charge >= 0.3 is 5.97 Å². The minimum Gasteiger partial charge on any atom is -0.496 e. The highest BCUT2D eigenvalue weighted by Gasteiger charge is 2.33. The number of para-hydroxylation sites is 1. The van der Waals surface area contributed by atoms with Crippen molar-refractivity contribution in [2.45, 2.75) is 13.0 Å². The fourth-order valence-electron chi connectivity index (χ4n) is 1.86. The molecule has 1 aromatic carbocycles. The fourth-order valence-corrected chi connectivity index (χ4v) is 1.86. The van der Waals surface area contributed by atoms with Gasteiger partial charge in [-0.1, -0.05) is 18.2 Å². The van der Waals surface area contributed by atoms with Crippen molar-refractivity contribution in [3.63, 3.8) is 0 Å². The van der Waals surface area contributed by atoms with Crippen LogP contribution in [0.3, 0.4) is 0 Å². The van der Waals surface area contributed by atoms with E-state index in [4.69, 9.17) is 14.7 Å². The lowest BCUT2D eigenvalue weighted by molar-refractivity contribution is -0.133. The van der Waals surface area contributed by atoms with Crippen LogP contribution in [0.1, 0.15) is 18.5 Å². The number of allylic oxidation sites excluding steroid dienone is 1. The van der Waals surface area contributed by atoms with E-state index in [1.807, 2.05) is 12.1 Å². The van der Waals surface area contributed by atoms with E-state index >= 15 is 0 Å². The van der Waals surface area contributed by atoms with Crippen LogP contribution in [0.5, 0.6) is 5.75 Å². The van der Waals surface area contributed by atoms with Gasteiger partial charge in [0.05, 0.1) is 7.11 Å². The van der Waals surface area contributed by atoms with Gasteiger partial charge in [-0.15, -0.1) is 5.48 Å². The number of rotatable bonds is 3. The number of hydroxylamine groups is 1. The molecule has 1 aromatic rings. The minimum absolute atomic E-state index is 0.203. The van der Waals surface area contributed by atoms with Gasteiger partial charge in [0, 0.05) is 5.56 Å². The SMILES string of the molecule is COc1ccccc1C1NOC(C)=C1C(=O)O. The first kappa shape index (κ1) is 11.5. The molecule has 5 nitrogen and oxygen atoms in total. The normalized spacial score (nSPS) is 19.1. The van der Waals surface area contributed by atoms with Crippen LogP contribution in [0.15, 0.2) is 35.6 Å². The highest BCUT2D eigenvalue weighted by molar-refractivity contribution is 5.89. The lowest BCUT2D eigenvalue weighted by atomic mass is 9.98. The molecule has 17 heavy (non-hydrogen) atoms. The maximum Gasteiger partial charge on any atom is 0.337 e. The first-order valence-electron chi connectivity index (χ1n) is 5.14. The van der Waals surface area contributed by atoms with Crippen LogP contribution < -0.4 is 10.2 Å². The Morgan fingerprint density at radius 1 is 1.47 bits per heavy atom. The molecule has 0 spiro atoms. The number of hydrogen-bond acceptors (Lipinski definition) is 4. The molecular formula is C12H13NO4. The van der Waals surface area contributed by atoms with Gasteiger partial charge in [0.1, 0.15) is 23.1 Å². The van der Waals surface area contributed by atoms with Crippen molar-refractivity contribution < 1.29 is 19.5 Å². The summed E-state index contributed by atoms with van der Waals surface area (Å²) in [4.78, 5) is 16.3. The summed E-state index contributed by atoms with van der Waals surface area (Å²) in [6.45, 7) is 1.62. The Balaban J connectivity index is 2.44. The zero-order chi connectivity index (χ0) is 12.4. The standard InChI is InChI=1S/C12H13NO4/c1-7-10(12(14)15)11(13-17-7)8-5-3-4-6-9(8)16-2/h3-6,11,13H,1-2H3,(H,14,15). The second-order valence-corrected chi connectivity index (χ2v) is 3.67. The summed E-state index contributed by atoms with van der Waals surface area (Å²) in [6, 6.07) is 6.73. The number of carboxylic acids is 1. The molecule has 0 fully saturated rings. The van der Waals surface area contributed by atoms with Gasteiger partial charge in [-0.3, -0.25) is 0 Å². The zero-order valence-electron chi connectivity index (χ0n) is 9.56. The molecule has 0 radical (unpaired) electrons. The fraction of sp³-hybridized carbons (Fsp3) is 0.250. The Bertz CT molecular complexity index is 481. The molecule has 2 N–H and O–H groups in total. The van der Waals surface area contributed by atoms with Gasteiger partial charge in [0.2, 0.25) is 0 Å². The highest BCUT2D eigenvalue weighted by Crippen LogP contribution is 2.34. The van der Waals surface area contributed by atoms with Crippen molar-refractivity contribution in [2.75, 3.05) is 7.11 Å². The molecule has 0 bridgehead atoms. The van der Waals surface area contributed by atoms with Crippen molar-refractivity contribution >= 4 is 5.97 Å². The summed E-state index contributed by atoms with van der Waals surface area (Å²) >= 11 is 0. The molecule has 0 saturated carbocycles. The summed E-state index contributed by atoms with van der Waals surface area (Å²) in [6.07, 6.45) is 0. The Kier molecular flexibility index (Phi) is 3.01. The third-order valence-electron chi connectivity index (χ3n) is 2.68. The Hall–Kier alpha value is -2.01. The Morgan fingerprint density at radius 3 is 2.82 bits per heavy atom. The smallest absolute Gasteiger partial charge is 0.337 e. The maximum absolute atomic E-state index is 11.2. The zero-order valence-corrected chi connectivity index (χ0v) is 9.56. The van der Waals surface area contributed by atoms with E-state index < -0.39 is 12.0 Å². The second-order valence-electron chi connectivity index (χ2n) is 3.67. The van der Waals surface area contributed by atoms with Crippen molar-refractivity contribution in [2.24, 2.45) is 0 Å². The van der Waals surface area contributed by atoms with Gasteiger partial charge in [-0.05, 0) is 13.0 Å². The lowest BCUT2D eigenvalue weighted by Gasteiger charge is -2.14. The van der Waals surface area contributed by atoms with Crippen molar-refractivity contribution in [3.05, 3.63) is 41.2 Å². The summed E-state index contributed by atoms with van der Waals surface area (Å²) in [7, 11) is 1.55. The van der Waals surface area contributed by atoms with Crippen LogP contribution in [0.4, 0.5) is 0 Å². The number of ether oxygens (including phenoxy) is 1. The van der Waals surface area contributed by atoms with E-state index in [0.717, 1.165) is 5.56 Å². The second kappa shape index (κ2) is 4.47.